The van der Waals surface area contributed by atoms with E-state index in [0.717, 1.165) is 46.7 Å². The maximum Gasteiger partial charge on any atom is 0.145 e. The number of hydrogen-bond donors (Lipinski definition) is 0. The van der Waals surface area contributed by atoms with Gasteiger partial charge in [-0.15, -0.1) is 0 Å². The molecule has 1 heterocycles. The van der Waals surface area contributed by atoms with Crippen molar-refractivity contribution in [1.29, 1.82) is 0 Å². The Labute approximate surface area is 287 Å². The molecular weight excluding hydrogens is 593 g/mol. The van der Waals surface area contributed by atoms with Gasteiger partial charge in [-0.3, -0.25) is 4.57 Å². The first-order valence-electron chi connectivity index (χ1n) is 17.0. The van der Waals surface area contributed by atoms with Crippen molar-refractivity contribution in [1.82, 2.24) is 9.55 Å². The summed E-state index contributed by atoms with van der Waals surface area (Å²) in [7, 11) is 0. The van der Waals surface area contributed by atoms with Crippen LogP contribution in [0.25, 0.3) is 83.4 Å². The van der Waals surface area contributed by atoms with Gasteiger partial charge in [-0.2, -0.15) is 0 Å². The highest BCUT2D eigenvalue weighted by Crippen LogP contribution is 2.45. The first-order chi connectivity index (χ1) is 24.3. The first-order valence-corrected chi connectivity index (χ1v) is 17.0. The fourth-order valence-electron chi connectivity index (χ4n) is 7.47. The highest BCUT2D eigenvalue weighted by atomic mass is 15.1. The average molecular weight is 627 g/mol. The van der Waals surface area contributed by atoms with Gasteiger partial charge in [-0.1, -0.05) is 176 Å². The molecule has 0 spiro atoms. The van der Waals surface area contributed by atoms with Crippen LogP contribution in [-0.4, -0.2) is 9.55 Å². The standard InChI is InChI=1S/C47H34N2/c1-5-17-33(18-6-1)43-39-25-13-15-27-41(39)44(42-28-16-14-26-40(42)43)34-29-31-37(32-30-34)47-48-45(35-19-7-2-8-20-35)46(36-21-9-3-10-22-36)49(47)38-23-11-4-12-24-38/h1-11,13-23,25-32H,12,24H2. The molecule has 9 rings (SSSR count). The molecule has 0 radical (unpaired) electrons. The van der Waals surface area contributed by atoms with Crippen molar-refractivity contribution in [3.05, 3.63) is 182 Å². The predicted molar refractivity (Wildman–Crippen MR) is 207 cm³/mol. The number of nitrogens with zero attached hydrogens (tertiary/aromatic N) is 2. The van der Waals surface area contributed by atoms with Crippen LogP contribution < -0.4 is 0 Å². The molecule has 8 aromatic rings. The summed E-state index contributed by atoms with van der Waals surface area (Å²) >= 11 is 0. The molecule has 0 N–H and O–H groups in total. The largest absolute Gasteiger partial charge is 0.295 e. The summed E-state index contributed by atoms with van der Waals surface area (Å²) in [5, 5.41) is 5.04. The summed E-state index contributed by atoms with van der Waals surface area (Å²) in [6.07, 6.45) is 8.63. The van der Waals surface area contributed by atoms with Crippen molar-refractivity contribution >= 4 is 27.2 Å². The highest BCUT2D eigenvalue weighted by molar-refractivity contribution is 6.21. The minimum atomic E-state index is 0.956. The van der Waals surface area contributed by atoms with Gasteiger partial charge in [0.05, 0.1) is 11.4 Å². The van der Waals surface area contributed by atoms with Gasteiger partial charge >= 0.3 is 0 Å². The summed E-state index contributed by atoms with van der Waals surface area (Å²) in [6.45, 7) is 0. The molecule has 2 heteroatoms. The van der Waals surface area contributed by atoms with Crippen LogP contribution in [0.4, 0.5) is 0 Å². The molecule has 0 saturated heterocycles. The summed E-state index contributed by atoms with van der Waals surface area (Å²) in [4.78, 5) is 5.45. The molecule has 7 aromatic carbocycles. The van der Waals surface area contributed by atoms with Crippen LogP contribution in [-0.2, 0) is 0 Å². The van der Waals surface area contributed by atoms with Crippen molar-refractivity contribution in [2.45, 2.75) is 12.8 Å². The van der Waals surface area contributed by atoms with Gasteiger partial charge in [0.2, 0.25) is 0 Å². The van der Waals surface area contributed by atoms with E-state index in [1.807, 2.05) is 0 Å². The Morgan fingerprint density at radius 2 is 0.878 bits per heavy atom. The highest BCUT2D eigenvalue weighted by Gasteiger charge is 2.24. The van der Waals surface area contributed by atoms with Crippen LogP contribution >= 0.6 is 0 Å². The Morgan fingerprint density at radius 3 is 1.39 bits per heavy atom. The quantitative estimate of drug-likeness (QED) is 0.168. The van der Waals surface area contributed by atoms with Crippen LogP contribution in [0.1, 0.15) is 12.8 Å². The normalized spacial score (nSPS) is 12.8. The number of benzene rings is 7. The van der Waals surface area contributed by atoms with Crippen molar-refractivity contribution in [3.8, 4) is 56.2 Å². The summed E-state index contributed by atoms with van der Waals surface area (Å²) in [5.74, 6) is 0.958. The molecular formula is C47H34N2. The smallest absolute Gasteiger partial charge is 0.145 e. The number of hydrogen-bond acceptors (Lipinski definition) is 1. The second kappa shape index (κ2) is 12.4. The number of allylic oxidation sites excluding steroid dienone is 4. The first kappa shape index (κ1) is 28.9. The van der Waals surface area contributed by atoms with Gasteiger partial charge in [0.25, 0.3) is 0 Å². The second-order valence-corrected chi connectivity index (χ2v) is 12.6. The van der Waals surface area contributed by atoms with Gasteiger partial charge in [-0.25, -0.2) is 4.98 Å². The van der Waals surface area contributed by atoms with Gasteiger partial charge in [-0.05, 0) is 62.7 Å². The van der Waals surface area contributed by atoms with Crippen LogP contribution in [0.5, 0.6) is 0 Å². The van der Waals surface area contributed by atoms with Gasteiger partial charge in [0.1, 0.15) is 5.82 Å². The van der Waals surface area contributed by atoms with E-state index in [2.05, 4.69) is 187 Å². The Morgan fingerprint density at radius 1 is 0.429 bits per heavy atom. The SMILES string of the molecule is C1=CCCC(n2c(-c3ccc(-c4c5ccccc5c(-c5ccccc5)c5ccccc45)cc3)nc(-c3ccccc3)c2-c2ccccc2)=C1. The van der Waals surface area contributed by atoms with Gasteiger partial charge in [0, 0.05) is 22.4 Å². The maximum absolute atomic E-state index is 5.45. The third-order valence-electron chi connectivity index (χ3n) is 9.68. The van der Waals surface area contributed by atoms with Crippen LogP contribution in [0, 0.1) is 0 Å². The molecule has 0 bridgehead atoms. The van der Waals surface area contributed by atoms with Crippen LogP contribution in [0.3, 0.4) is 0 Å². The number of rotatable bonds is 6. The number of fused-ring (bicyclic) bond motifs is 2. The summed E-state index contributed by atoms with van der Waals surface area (Å²) in [5.41, 5.74) is 11.7. The van der Waals surface area contributed by atoms with Crippen molar-refractivity contribution < 1.29 is 0 Å². The molecule has 0 fully saturated rings. The van der Waals surface area contributed by atoms with E-state index in [4.69, 9.17) is 4.98 Å². The van der Waals surface area contributed by atoms with E-state index in [1.54, 1.807) is 0 Å². The topological polar surface area (TPSA) is 17.8 Å². The molecule has 0 saturated carbocycles. The average Bonchev–Trinajstić information content (AvgIpc) is 3.59. The number of aromatic nitrogens is 2. The minimum absolute atomic E-state index is 0.956. The van der Waals surface area contributed by atoms with E-state index < -0.39 is 0 Å². The van der Waals surface area contributed by atoms with Crippen LogP contribution in [0.15, 0.2) is 182 Å². The predicted octanol–water partition coefficient (Wildman–Crippen LogP) is 12.7. The van der Waals surface area contributed by atoms with Gasteiger partial charge in [0.15, 0.2) is 0 Å². The molecule has 0 atom stereocenters. The maximum atomic E-state index is 5.45. The van der Waals surface area contributed by atoms with E-state index in [1.165, 1.54) is 49.5 Å². The van der Waals surface area contributed by atoms with E-state index in [0.29, 0.717) is 0 Å². The Hall–Kier alpha value is -6.25. The molecule has 1 aliphatic carbocycles. The van der Waals surface area contributed by atoms with E-state index in [9.17, 15) is 0 Å². The summed E-state index contributed by atoms with van der Waals surface area (Å²) in [6, 6.07) is 58.8. The van der Waals surface area contributed by atoms with Crippen molar-refractivity contribution in [3.63, 3.8) is 0 Å². The van der Waals surface area contributed by atoms with E-state index in [-0.39, 0.29) is 0 Å². The lowest BCUT2D eigenvalue weighted by Gasteiger charge is -2.19. The Balaban J connectivity index is 1.26. The zero-order valence-corrected chi connectivity index (χ0v) is 27.1. The third-order valence-corrected chi connectivity index (χ3v) is 9.68. The number of imidazole rings is 1. The third kappa shape index (κ3) is 5.10. The van der Waals surface area contributed by atoms with Crippen molar-refractivity contribution in [2.24, 2.45) is 0 Å². The zero-order valence-electron chi connectivity index (χ0n) is 27.1. The van der Waals surface area contributed by atoms with Gasteiger partial charge < -0.3 is 0 Å². The monoisotopic (exact) mass is 626 g/mol. The lowest BCUT2D eigenvalue weighted by molar-refractivity contribution is 0.948. The Kier molecular flexibility index (Phi) is 7.33. The zero-order chi connectivity index (χ0) is 32.6. The summed E-state index contributed by atoms with van der Waals surface area (Å²) < 4.78 is 2.40. The molecule has 232 valence electrons. The van der Waals surface area contributed by atoms with Crippen molar-refractivity contribution in [2.75, 3.05) is 0 Å². The lowest BCUT2D eigenvalue weighted by Crippen LogP contribution is -2.04. The van der Waals surface area contributed by atoms with Crippen LogP contribution in [0.2, 0.25) is 0 Å². The molecule has 49 heavy (non-hydrogen) atoms. The molecule has 1 aromatic heterocycles. The second-order valence-electron chi connectivity index (χ2n) is 12.6. The molecule has 0 unspecified atom stereocenters. The Bertz CT molecular complexity index is 2450. The lowest BCUT2D eigenvalue weighted by atomic mass is 9.86. The molecule has 0 amide bonds. The minimum Gasteiger partial charge on any atom is -0.295 e. The molecule has 1 aliphatic rings. The molecule has 0 aliphatic heterocycles. The fourth-order valence-corrected chi connectivity index (χ4v) is 7.47. The van der Waals surface area contributed by atoms with E-state index >= 15 is 0 Å². The fraction of sp³-hybridized carbons (Fsp3) is 0.0426. The molecule has 2 nitrogen and oxygen atoms in total.